The Balaban J connectivity index is 2.18. The Labute approximate surface area is 94.3 Å². The molecule has 0 amide bonds. The fraction of sp³-hybridized carbons (Fsp3) is 0.385. The van der Waals surface area contributed by atoms with E-state index < -0.39 is 0 Å². The Morgan fingerprint density at radius 2 is 2.00 bits per heavy atom. The molecule has 1 aromatic carbocycles. The maximum Gasteiger partial charge on any atom is 0.111 e. The van der Waals surface area contributed by atoms with E-state index in [0.717, 1.165) is 11.0 Å². The van der Waals surface area contributed by atoms with Crippen molar-refractivity contribution in [1.82, 2.24) is 9.55 Å². The second-order valence-corrected chi connectivity index (χ2v) is 4.35. The molecule has 80 valence electrons. The van der Waals surface area contributed by atoms with E-state index in [9.17, 15) is 0 Å². The minimum absolute atomic E-state index is 0.384. The normalized spacial score (nSPS) is 14.7. The molecule has 3 nitrogen and oxygen atoms in total. The van der Waals surface area contributed by atoms with Crippen molar-refractivity contribution in [3.63, 3.8) is 0 Å². The highest BCUT2D eigenvalue weighted by molar-refractivity contribution is 5.77. The molecule has 1 aromatic heterocycles. The average molecular weight is 211 g/mol. The van der Waals surface area contributed by atoms with Crippen molar-refractivity contribution in [2.75, 3.05) is 0 Å². The summed E-state index contributed by atoms with van der Waals surface area (Å²) in [6.07, 6.45) is 6.68. The molecule has 0 atom stereocenters. The van der Waals surface area contributed by atoms with Crippen molar-refractivity contribution in [1.29, 1.82) is 5.26 Å². The lowest BCUT2D eigenvalue weighted by molar-refractivity contribution is 0.686. The molecule has 0 saturated heterocycles. The predicted molar refractivity (Wildman–Crippen MR) is 62.0 cm³/mol. The van der Waals surface area contributed by atoms with Crippen LogP contribution in [0.2, 0.25) is 0 Å². The smallest absolute Gasteiger partial charge is 0.111 e. The van der Waals surface area contributed by atoms with Crippen molar-refractivity contribution in [2.45, 2.75) is 32.2 Å². The Hall–Kier alpha value is -1.82. The summed E-state index contributed by atoms with van der Waals surface area (Å²) in [5.41, 5.74) is 5.01. The van der Waals surface area contributed by atoms with Gasteiger partial charge in [0.15, 0.2) is 0 Å². The first kappa shape index (κ1) is 9.41. The molecule has 0 N–H and O–H groups in total. The molecule has 0 bridgehead atoms. The highest BCUT2D eigenvalue weighted by atomic mass is 15.0. The van der Waals surface area contributed by atoms with E-state index in [2.05, 4.69) is 23.2 Å². The number of aromatic nitrogens is 2. The van der Waals surface area contributed by atoms with Gasteiger partial charge in [0.25, 0.3) is 0 Å². The zero-order valence-electron chi connectivity index (χ0n) is 9.11. The van der Waals surface area contributed by atoms with E-state index in [0.29, 0.717) is 6.54 Å². The van der Waals surface area contributed by atoms with Gasteiger partial charge in [-0.3, -0.25) is 0 Å². The number of hydrogen-bond donors (Lipinski definition) is 0. The van der Waals surface area contributed by atoms with Gasteiger partial charge in [0.2, 0.25) is 0 Å². The van der Waals surface area contributed by atoms with Gasteiger partial charge in [-0.2, -0.15) is 5.26 Å². The van der Waals surface area contributed by atoms with Gasteiger partial charge < -0.3 is 4.57 Å². The van der Waals surface area contributed by atoms with Crippen LogP contribution in [0.4, 0.5) is 0 Å². The van der Waals surface area contributed by atoms with E-state index >= 15 is 0 Å². The Morgan fingerprint density at radius 1 is 1.25 bits per heavy atom. The van der Waals surface area contributed by atoms with Crippen LogP contribution in [0.15, 0.2) is 18.5 Å². The van der Waals surface area contributed by atoms with Gasteiger partial charge in [-0.1, -0.05) is 0 Å². The summed E-state index contributed by atoms with van der Waals surface area (Å²) in [5, 5.41) is 8.74. The number of benzene rings is 1. The minimum atomic E-state index is 0.384. The molecule has 2 aromatic rings. The van der Waals surface area contributed by atoms with Crippen LogP contribution in [-0.4, -0.2) is 9.55 Å². The van der Waals surface area contributed by atoms with Crippen molar-refractivity contribution in [2.24, 2.45) is 0 Å². The standard InChI is InChI=1S/C13H13N3/c14-5-6-16-9-15-12-7-10-3-1-2-4-11(10)8-13(12)16/h7-9H,1-4,6H2. The third-order valence-corrected chi connectivity index (χ3v) is 3.33. The Bertz CT molecular complexity index is 575. The highest BCUT2D eigenvalue weighted by Crippen LogP contribution is 2.25. The second-order valence-electron chi connectivity index (χ2n) is 4.35. The summed E-state index contributed by atoms with van der Waals surface area (Å²) in [6.45, 7) is 0.384. The van der Waals surface area contributed by atoms with Crippen LogP contribution < -0.4 is 0 Å². The molecule has 0 unspecified atom stereocenters. The zero-order chi connectivity index (χ0) is 11.0. The number of rotatable bonds is 1. The lowest BCUT2D eigenvalue weighted by Crippen LogP contribution is -2.03. The van der Waals surface area contributed by atoms with E-state index in [1.807, 2.05) is 4.57 Å². The van der Waals surface area contributed by atoms with Gasteiger partial charge in [0.1, 0.15) is 6.54 Å². The van der Waals surface area contributed by atoms with Crippen LogP contribution in [0.5, 0.6) is 0 Å². The first-order valence-electron chi connectivity index (χ1n) is 5.72. The quantitative estimate of drug-likeness (QED) is 0.727. The fourth-order valence-electron chi connectivity index (χ4n) is 2.49. The van der Waals surface area contributed by atoms with E-state index in [1.54, 1.807) is 6.33 Å². The van der Waals surface area contributed by atoms with Crippen LogP contribution in [0.1, 0.15) is 24.0 Å². The van der Waals surface area contributed by atoms with Gasteiger partial charge in [0.05, 0.1) is 23.4 Å². The maximum absolute atomic E-state index is 8.74. The average Bonchev–Trinajstić information content (AvgIpc) is 2.70. The number of aryl methyl sites for hydroxylation is 2. The van der Waals surface area contributed by atoms with Crippen LogP contribution >= 0.6 is 0 Å². The largest absolute Gasteiger partial charge is 0.317 e. The molecule has 0 aliphatic heterocycles. The molecular formula is C13H13N3. The van der Waals surface area contributed by atoms with Crippen LogP contribution in [-0.2, 0) is 19.4 Å². The number of hydrogen-bond acceptors (Lipinski definition) is 2. The lowest BCUT2D eigenvalue weighted by atomic mass is 9.91. The van der Waals surface area contributed by atoms with Gasteiger partial charge in [0, 0.05) is 0 Å². The Kier molecular flexibility index (Phi) is 2.14. The third kappa shape index (κ3) is 1.38. The van der Waals surface area contributed by atoms with E-state index in [-0.39, 0.29) is 0 Å². The molecule has 0 radical (unpaired) electrons. The van der Waals surface area contributed by atoms with Gasteiger partial charge >= 0.3 is 0 Å². The first-order chi connectivity index (χ1) is 7.88. The summed E-state index contributed by atoms with van der Waals surface area (Å²) in [5.74, 6) is 0. The number of fused-ring (bicyclic) bond motifs is 2. The molecule has 3 rings (SSSR count). The first-order valence-corrected chi connectivity index (χ1v) is 5.72. The summed E-state index contributed by atoms with van der Waals surface area (Å²) in [4.78, 5) is 4.36. The molecule has 0 saturated carbocycles. The van der Waals surface area contributed by atoms with E-state index in [4.69, 9.17) is 5.26 Å². The van der Waals surface area contributed by atoms with Crippen molar-refractivity contribution in [3.05, 3.63) is 29.6 Å². The fourth-order valence-corrected chi connectivity index (χ4v) is 2.49. The van der Waals surface area contributed by atoms with Crippen LogP contribution in [0, 0.1) is 11.3 Å². The van der Waals surface area contributed by atoms with Crippen molar-refractivity contribution < 1.29 is 0 Å². The maximum atomic E-state index is 8.74. The minimum Gasteiger partial charge on any atom is -0.317 e. The molecule has 0 fully saturated rings. The molecule has 0 spiro atoms. The van der Waals surface area contributed by atoms with Gasteiger partial charge in [-0.15, -0.1) is 0 Å². The molecule has 1 heterocycles. The number of nitriles is 1. The van der Waals surface area contributed by atoms with Crippen LogP contribution in [0.3, 0.4) is 0 Å². The van der Waals surface area contributed by atoms with Crippen molar-refractivity contribution in [3.8, 4) is 6.07 Å². The molecule has 1 aliphatic rings. The number of imidazole rings is 1. The second kappa shape index (κ2) is 3.64. The molecule has 3 heteroatoms. The summed E-state index contributed by atoms with van der Waals surface area (Å²) in [7, 11) is 0. The number of nitrogens with zero attached hydrogens (tertiary/aromatic N) is 3. The summed E-state index contributed by atoms with van der Waals surface area (Å²) >= 11 is 0. The molecule has 16 heavy (non-hydrogen) atoms. The SMILES string of the molecule is N#CCn1cnc2cc3c(cc21)CCCC3. The molecular weight excluding hydrogens is 198 g/mol. The highest BCUT2D eigenvalue weighted by Gasteiger charge is 2.12. The summed E-state index contributed by atoms with van der Waals surface area (Å²) < 4.78 is 1.92. The van der Waals surface area contributed by atoms with Gasteiger partial charge in [-0.05, 0) is 48.9 Å². The Morgan fingerprint density at radius 3 is 2.75 bits per heavy atom. The van der Waals surface area contributed by atoms with E-state index in [1.165, 1.54) is 36.8 Å². The van der Waals surface area contributed by atoms with Gasteiger partial charge in [-0.25, -0.2) is 4.98 Å². The molecule has 1 aliphatic carbocycles. The third-order valence-electron chi connectivity index (χ3n) is 3.33. The zero-order valence-corrected chi connectivity index (χ0v) is 9.11. The van der Waals surface area contributed by atoms with Crippen molar-refractivity contribution >= 4 is 11.0 Å². The van der Waals surface area contributed by atoms with Crippen LogP contribution in [0.25, 0.3) is 11.0 Å². The topological polar surface area (TPSA) is 41.6 Å². The lowest BCUT2D eigenvalue weighted by Gasteiger charge is -2.15. The monoisotopic (exact) mass is 211 g/mol. The summed E-state index contributed by atoms with van der Waals surface area (Å²) in [6, 6.07) is 6.57. The predicted octanol–water partition coefficient (Wildman–Crippen LogP) is 2.44.